The van der Waals surface area contributed by atoms with Crippen LogP contribution < -0.4 is 10.6 Å². The average Bonchev–Trinajstić information content (AvgIpc) is 3.03. The molecule has 3 nitrogen and oxygen atoms in total. The minimum atomic E-state index is -0.455. The Bertz CT molecular complexity index is 731. The van der Waals surface area contributed by atoms with Gasteiger partial charge in [-0.2, -0.15) is 0 Å². The van der Waals surface area contributed by atoms with Crippen LogP contribution in [0.1, 0.15) is 27.2 Å². The maximum Gasteiger partial charge on any atom is 0.410 e. The molecule has 0 aromatic heterocycles. The van der Waals surface area contributed by atoms with Crippen molar-refractivity contribution < 1.29 is 9.53 Å². The number of benzene rings is 2. The summed E-state index contributed by atoms with van der Waals surface area (Å²) in [5.74, 6) is 0. The molecule has 0 N–H and O–H groups in total. The molecular formula is C22H29NO2P2. The SMILES string of the molecule is CC(C)(C)OC(=O)N1CC(Pc2ccccc2)CC1CPc1ccccc1. The quantitative estimate of drug-likeness (QED) is 0.697. The van der Waals surface area contributed by atoms with E-state index < -0.39 is 5.60 Å². The summed E-state index contributed by atoms with van der Waals surface area (Å²) >= 11 is 0. The summed E-state index contributed by atoms with van der Waals surface area (Å²) in [7, 11) is 1.45. The molecule has 0 saturated carbocycles. The van der Waals surface area contributed by atoms with E-state index in [0.717, 1.165) is 27.7 Å². The number of rotatable bonds is 5. The molecule has 1 amide bonds. The molecule has 1 aliphatic heterocycles. The Morgan fingerprint density at radius 2 is 1.63 bits per heavy atom. The Hall–Kier alpha value is -1.43. The van der Waals surface area contributed by atoms with Crippen LogP contribution in [0.4, 0.5) is 4.79 Å². The van der Waals surface area contributed by atoms with E-state index in [9.17, 15) is 4.79 Å². The molecule has 0 aliphatic carbocycles. The van der Waals surface area contributed by atoms with Crippen molar-refractivity contribution in [1.82, 2.24) is 4.90 Å². The van der Waals surface area contributed by atoms with Gasteiger partial charge in [-0.1, -0.05) is 77.8 Å². The molecule has 1 aliphatic rings. The predicted octanol–water partition coefficient (Wildman–Crippen LogP) is 4.37. The zero-order valence-corrected chi connectivity index (χ0v) is 18.3. The van der Waals surface area contributed by atoms with Crippen molar-refractivity contribution in [3.8, 4) is 0 Å². The smallest absolute Gasteiger partial charge is 0.410 e. The summed E-state index contributed by atoms with van der Waals surface area (Å²) in [6.07, 6.45) is 1.91. The summed E-state index contributed by atoms with van der Waals surface area (Å²) < 4.78 is 5.70. The van der Waals surface area contributed by atoms with E-state index in [0.29, 0.717) is 14.2 Å². The number of hydrogen-bond acceptors (Lipinski definition) is 2. The van der Waals surface area contributed by atoms with E-state index in [2.05, 4.69) is 54.6 Å². The fourth-order valence-electron chi connectivity index (χ4n) is 3.32. The molecule has 144 valence electrons. The molecule has 0 spiro atoms. The Kier molecular flexibility index (Phi) is 6.90. The highest BCUT2D eigenvalue weighted by Crippen LogP contribution is 2.34. The van der Waals surface area contributed by atoms with Crippen LogP contribution in [0.3, 0.4) is 0 Å². The maximum absolute atomic E-state index is 12.8. The van der Waals surface area contributed by atoms with Crippen LogP contribution in [0.5, 0.6) is 0 Å². The van der Waals surface area contributed by atoms with Gasteiger partial charge in [-0.05, 0) is 44.0 Å². The van der Waals surface area contributed by atoms with Crippen molar-refractivity contribution in [2.75, 3.05) is 12.7 Å². The Morgan fingerprint density at radius 1 is 1.04 bits per heavy atom. The van der Waals surface area contributed by atoms with Crippen LogP contribution in [-0.2, 0) is 4.74 Å². The average molecular weight is 401 g/mol. The number of hydrogen-bond donors (Lipinski definition) is 0. The number of nitrogens with zero attached hydrogens (tertiary/aromatic N) is 1. The van der Waals surface area contributed by atoms with Gasteiger partial charge in [0.2, 0.25) is 0 Å². The van der Waals surface area contributed by atoms with E-state index in [-0.39, 0.29) is 12.1 Å². The standard InChI is InChI=1S/C22H29NO2P2/c1-22(2,3)25-21(24)23-15-20(27-19-12-8-5-9-13-19)14-17(23)16-26-18-10-6-4-7-11-18/h4-13,17,20,26-27H,14-16H2,1-3H3. The van der Waals surface area contributed by atoms with Crippen molar-refractivity contribution in [3.05, 3.63) is 60.7 Å². The zero-order chi connectivity index (χ0) is 19.3. The molecule has 3 rings (SSSR count). The molecule has 4 atom stereocenters. The van der Waals surface area contributed by atoms with Crippen LogP contribution in [0.15, 0.2) is 60.7 Å². The second-order valence-corrected chi connectivity index (χ2v) is 11.0. The maximum atomic E-state index is 12.8. The molecule has 4 unspecified atom stereocenters. The molecule has 2 aromatic rings. The van der Waals surface area contributed by atoms with Gasteiger partial charge < -0.3 is 9.64 Å². The molecular weight excluding hydrogens is 372 g/mol. The van der Waals surface area contributed by atoms with E-state index >= 15 is 0 Å². The molecule has 1 fully saturated rings. The van der Waals surface area contributed by atoms with E-state index in [1.807, 2.05) is 31.7 Å². The van der Waals surface area contributed by atoms with Crippen LogP contribution in [0.25, 0.3) is 0 Å². The largest absolute Gasteiger partial charge is 0.444 e. The molecule has 0 radical (unpaired) electrons. The number of likely N-dealkylation sites (tertiary alicyclic amines) is 1. The van der Waals surface area contributed by atoms with Crippen molar-refractivity contribution in [3.63, 3.8) is 0 Å². The van der Waals surface area contributed by atoms with E-state index in [1.54, 1.807) is 0 Å². The highest BCUT2D eigenvalue weighted by atomic mass is 31.1. The third kappa shape index (κ3) is 6.30. The van der Waals surface area contributed by atoms with E-state index in [4.69, 9.17) is 4.74 Å². The molecule has 0 bridgehead atoms. The van der Waals surface area contributed by atoms with Crippen molar-refractivity contribution in [2.24, 2.45) is 0 Å². The number of carbonyl (C=O) groups excluding carboxylic acids is 1. The van der Waals surface area contributed by atoms with Gasteiger partial charge in [0, 0.05) is 18.2 Å². The minimum Gasteiger partial charge on any atom is -0.444 e. The first-order valence-electron chi connectivity index (χ1n) is 9.51. The van der Waals surface area contributed by atoms with Crippen LogP contribution in [0, 0.1) is 0 Å². The van der Waals surface area contributed by atoms with Gasteiger partial charge in [-0.25, -0.2) is 4.79 Å². The van der Waals surface area contributed by atoms with Gasteiger partial charge in [0.25, 0.3) is 0 Å². The summed E-state index contributed by atoms with van der Waals surface area (Å²) in [6.45, 7) is 6.60. The monoisotopic (exact) mass is 401 g/mol. The van der Waals surface area contributed by atoms with E-state index in [1.165, 1.54) is 10.6 Å². The van der Waals surface area contributed by atoms with Gasteiger partial charge >= 0.3 is 6.09 Å². The summed E-state index contributed by atoms with van der Waals surface area (Å²) in [4.78, 5) is 14.8. The summed E-state index contributed by atoms with van der Waals surface area (Å²) in [5, 5.41) is 2.73. The number of carbonyl (C=O) groups is 1. The predicted molar refractivity (Wildman–Crippen MR) is 119 cm³/mol. The van der Waals surface area contributed by atoms with Crippen molar-refractivity contribution in [2.45, 2.75) is 44.5 Å². The van der Waals surface area contributed by atoms with Gasteiger partial charge in [-0.15, -0.1) is 0 Å². The fraction of sp³-hybridized carbons (Fsp3) is 0.409. The third-order valence-corrected chi connectivity index (χ3v) is 7.41. The second kappa shape index (κ2) is 9.18. The van der Waals surface area contributed by atoms with Gasteiger partial charge in [0.15, 0.2) is 0 Å². The lowest BCUT2D eigenvalue weighted by atomic mass is 10.2. The first-order chi connectivity index (χ1) is 12.9. The van der Waals surface area contributed by atoms with Crippen LogP contribution >= 0.6 is 17.2 Å². The first kappa shape index (κ1) is 20.3. The first-order valence-corrected chi connectivity index (χ1v) is 11.8. The number of ether oxygens (including phenoxy) is 1. The lowest BCUT2D eigenvalue weighted by Crippen LogP contribution is -2.41. The van der Waals surface area contributed by atoms with Crippen molar-refractivity contribution >= 4 is 33.9 Å². The fourth-order valence-corrected chi connectivity index (χ4v) is 6.14. The summed E-state index contributed by atoms with van der Waals surface area (Å²) in [5.41, 5.74) is 0.0638. The Labute approximate surface area is 166 Å². The second-order valence-electron chi connectivity index (χ2n) is 7.98. The number of amides is 1. The topological polar surface area (TPSA) is 29.5 Å². The molecule has 1 heterocycles. The molecule has 1 saturated heterocycles. The van der Waals surface area contributed by atoms with Crippen LogP contribution in [0.2, 0.25) is 0 Å². The Balaban J connectivity index is 1.67. The molecule has 2 aromatic carbocycles. The van der Waals surface area contributed by atoms with Gasteiger partial charge in [0.05, 0.1) is 0 Å². The minimum absolute atomic E-state index is 0.161. The lowest BCUT2D eigenvalue weighted by Gasteiger charge is -2.28. The molecule has 5 heteroatoms. The van der Waals surface area contributed by atoms with Gasteiger partial charge in [0.1, 0.15) is 5.60 Å². The highest BCUT2D eigenvalue weighted by molar-refractivity contribution is 7.48. The Morgan fingerprint density at radius 3 is 2.22 bits per heavy atom. The zero-order valence-electron chi connectivity index (χ0n) is 16.3. The summed E-state index contributed by atoms with van der Waals surface area (Å²) in [6, 6.07) is 21.5. The van der Waals surface area contributed by atoms with Crippen molar-refractivity contribution in [1.29, 1.82) is 0 Å². The third-order valence-electron chi connectivity index (χ3n) is 4.50. The molecule has 27 heavy (non-hydrogen) atoms. The lowest BCUT2D eigenvalue weighted by molar-refractivity contribution is 0.0242. The van der Waals surface area contributed by atoms with Gasteiger partial charge in [-0.3, -0.25) is 0 Å². The normalized spacial score (nSPS) is 20.8. The van der Waals surface area contributed by atoms with Crippen LogP contribution in [-0.4, -0.2) is 41.0 Å². The highest BCUT2D eigenvalue weighted by Gasteiger charge is 2.37.